The van der Waals surface area contributed by atoms with Crippen molar-refractivity contribution in [2.24, 2.45) is 0 Å². The Labute approximate surface area is 156 Å². The van der Waals surface area contributed by atoms with Gasteiger partial charge in [0.25, 0.3) is 0 Å². The molecule has 0 bridgehead atoms. The summed E-state index contributed by atoms with van der Waals surface area (Å²) in [5.74, 6) is 0.684. The number of esters is 1. The van der Waals surface area contributed by atoms with Crippen LogP contribution < -0.4 is 14.8 Å². The molecule has 1 fully saturated rings. The number of ether oxygens (including phenoxy) is 2. The SMILES string of the molecule is C=CC[C@@H](c1ccc(OC(C)=O)c(OC)c1)N1CCNCC1.Cl.Cl. The van der Waals surface area contributed by atoms with E-state index in [-0.39, 0.29) is 36.8 Å². The van der Waals surface area contributed by atoms with Crippen molar-refractivity contribution in [3.05, 3.63) is 36.4 Å². The predicted molar refractivity (Wildman–Crippen MR) is 101 cm³/mol. The van der Waals surface area contributed by atoms with Gasteiger partial charge in [-0.05, 0) is 24.1 Å². The summed E-state index contributed by atoms with van der Waals surface area (Å²) in [6, 6.07) is 6.01. The molecule has 136 valence electrons. The lowest BCUT2D eigenvalue weighted by Gasteiger charge is -2.35. The first kappa shape index (κ1) is 22.7. The zero-order chi connectivity index (χ0) is 15.9. The lowest BCUT2D eigenvalue weighted by molar-refractivity contribution is -0.132. The van der Waals surface area contributed by atoms with Gasteiger partial charge in [0, 0.05) is 39.1 Å². The van der Waals surface area contributed by atoms with Crippen molar-refractivity contribution >= 4 is 30.8 Å². The van der Waals surface area contributed by atoms with Gasteiger partial charge in [-0.1, -0.05) is 12.1 Å². The second kappa shape index (κ2) is 11.3. The van der Waals surface area contributed by atoms with Crippen LogP contribution in [0.2, 0.25) is 0 Å². The topological polar surface area (TPSA) is 50.8 Å². The van der Waals surface area contributed by atoms with E-state index in [9.17, 15) is 4.79 Å². The van der Waals surface area contributed by atoms with Gasteiger partial charge in [0.15, 0.2) is 11.5 Å². The second-order valence-corrected chi connectivity index (χ2v) is 5.33. The first-order valence-electron chi connectivity index (χ1n) is 7.57. The smallest absolute Gasteiger partial charge is 0.308 e. The molecule has 0 radical (unpaired) electrons. The van der Waals surface area contributed by atoms with Gasteiger partial charge in [-0.25, -0.2) is 0 Å². The Morgan fingerprint density at radius 2 is 2.00 bits per heavy atom. The number of piperazine rings is 1. The average Bonchev–Trinajstić information content (AvgIpc) is 2.53. The largest absolute Gasteiger partial charge is 0.493 e. The molecule has 1 aliphatic rings. The van der Waals surface area contributed by atoms with Crippen molar-refractivity contribution < 1.29 is 14.3 Å². The lowest BCUT2D eigenvalue weighted by atomic mass is 10.0. The quantitative estimate of drug-likeness (QED) is 0.469. The zero-order valence-corrected chi connectivity index (χ0v) is 15.8. The highest BCUT2D eigenvalue weighted by Gasteiger charge is 2.22. The van der Waals surface area contributed by atoms with E-state index in [2.05, 4.69) is 16.8 Å². The van der Waals surface area contributed by atoms with E-state index >= 15 is 0 Å². The number of rotatable bonds is 6. The van der Waals surface area contributed by atoms with Crippen LogP contribution in [-0.2, 0) is 4.79 Å². The fourth-order valence-corrected chi connectivity index (χ4v) is 2.78. The molecule has 7 heteroatoms. The monoisotopic (exact) mass is 376 g/mol. The van der Waals surface area contributed by atoms with Gasteiger partial charge in [-0.3, -0.25) is 9.69 Å². The van der Waals surface area contributed by atoms with Crippen LogP contribution in [0.3, 0.4) is 0 Å². The standard InChI is InChI=1S/C17H24N2O3.2ClH/c1-4-5-15(19-10-8-18-9-11-19)14-6-7-16(22-13(2)20)17(12-14)21-3;;/h4,6-7,12,15,18H,1,5,8-11H2,2-3H3;2*1H/t15-;;/m0../s1. The van der Waals surface area contributed by atoms with Crippen LogP contribution >= 0.6 is 24.8 Å². The zero-order valence-electron chi connectivity index (χ0n) is 14.1. The van der Waals surface area contributed by atoms with Crippen molar-refractivity contribution in [2.45, 2.75) is 19.4 Å². The molecule has 1 heterocycles. The molecule has 1 aromatic rings. The van der Waals surface area contributed by atoms with Gasteiger partial charge >= 0.3 is 5.97 Å². The maximum absolute atomic E-state index is 11.1. The van der Waals surface area contributed by atoms with Crippen LogP contribution in [0.4, 0.5) is 0 Å². The van der Waals surface area contributed by atoms with E-state index in [4.69, 9.17) is 9.47 Å². The lowest BCUT2D eigenvalue weighted by Crippen LogP contribution is -2.45. The normalized spacial score (nSPS) is 15.4. The Morgan fingerprint density at radius 1 is 1.33 bits per heavy atom. The molecular formula is C17H26Cl2N2O3. The van der Waals surface area contributed by atoms with Gasteiger partial charge in [-0.15, -0.1) is 31.4 Å². The molecule has 0 spiro atoms. The molecule has 0 aliphatic carbocycles. The first-order chi connectivity index (χ1) is 10.7. The predicted octanol–water partition coefficient (Wildman–Crippen LogP) is 2.99. The molecule has 1 saturated heterocycles. The molecule has 1 atom stereocenters. The second-order valence-electron chi connectivity index (χ2n) is 5.33. The Kier molecular flexibility index (Phi) is 10.7. The van der Waals surface area contributed by atoms with Crippen molar-refractivity contribution in [1.29, 1.82) is 0 Å². The molecule has 0 aromatic heterocycles. The number of carbonyl (C=O) groups excluding carboxylic acids is 1. The number of halogens is 2. The number of methoxy groups -OCH3 is 1. The van der Waals surface area contributed by atoms with Gasteiger partial charge in [0.1, 0.15) is 0 Å². The van der Waals surface area contributed by atoms with Gasteiger partial charge < -0.3 is 14.8 Å². The number of nitrogens with one attached hydrogen (secondary N) is 1. The summed E-state index contributed by atoms with van der Waals surface area (Å²) in [4.78, 5) is 13.6. The van der Waals surface area contributed by atoms with Crippen LogP contribution in [0.15, 0.2) is 30.9 Å². The Morgan fingerprint density at radius 3 is 2.54 bits per heavy atom. The average molecular weight is 377 g/mol. The molecule has 2 rings (SSSR count). The van der Waals surface area contributed by atoms with E-state index in [0.717, 1.165) is 38.2 Å². The van der Waals surface area contributed by atoms with Crippen molar-refractivity contribution in [2.75, 3.05) is 33.3 Å². The minimum atomic E-state index is -0.351. The van der Waals surface area contributed by atoms with Gasteiger partial charge in [0.05, 0.1) is 7.11 Å². The minimum Gasteiger partial charge on any atom is -0.493 e. The van der Waals surface area contributed by atoms with Crippen molar-refractivity contribution in [3.63, 3.8) is 0 Å². The molecule has 5 nitrogen and oxygen atoms in total. The minimum absolute atomic E-state index is 0. The van der Waals surface area contributed by atoms with Gasteiger partial charge in [-0.2, -0.15) is 0 Å². The molecule has 1 aliphatic heterocycles. The third-order valence-electron chi connectivity index (χ3n) is 3.81. The molecular weight excluding hydrogens is 351 g/mol. The highest BCUT2D eigenvalue weighted by atomic mass is 35.5. The number of hydrogen-bond acceptors (Lipinski definition) is 5. The van der Waals surface area contributed by atoms with Crippen LogP contribution in [-0.4, -0.2) is 44.2 Å². The Hall–Kier alpha value is -1.27. The van der Waals surface area contributed by atoms with Crippen LogP contribution in [0, 0.1) is 0 Å². The first-order valence-corrected chi connectivity index (χ1v) is 7.57. The summed E-state index contributed by atoms with van der Waals surface area (Å²) in [7, 11) is 1.58. The summed E-state index contributed by atoms with van der Waals surface area (Å²) < 4.78 is 10.5. The summed E-state index contributed by atoms with van der Waals surface area (Å²) in [6.45, 7) is 9.27. The van der Waals surface area contributed by atoms with E-state index in [1.54, 1.807) is 13.2 Å². The number of carbonyl (C=O) groups is 1. The van der Waals surface area contributed by atoms with E-state index in [0.29, 0.717) is 11.5 Å². The highest BCUT2D eigenvalue weighted by molar-refractivity contribution is 5.85. The fourth-order valence-electron chi connectivity index (χ4n) is 2.78. The van der Waals surface area contributed by atoms with E-state index < -0.39 is 0 Å². The highest BCUT2D eigenvalue weighted by Crippen LogP contribution is 2.33. The van der Waals surface area contributed by atoms with Crippen LogP contribution in [0.25, 0.3) is 0 Å². The summed E-state index contributed by atoms with van der Waals surface area (Å²) >= 11 is 0. The third kappa shape index (κ3) is 5.98. The Bertz CT molecular complexity index is 535. The Balaban J connectivity index is 0.00000264. The van der Waals surface area contributed by atoms with Crippen LogP contribution in [0.1, 0.15) is 24.9 Å². The van der Waals surface area contributed by atoms with E-state index in [1.165, 1.54) is 6.92 Å². The molecule has 1 aromatic carbocycles. The summed E-state index contributed by atoms with van der Waals surface area (Å²) in [5, 5.41) is 3.37. The van der Waals surface area contributed by atoms with Crippen molar-refractivity contribution in [3.8, 4) is 11.5 Å². The summed E-state index contributed by atoms with van der Waals surface area (Å²) in [5.41, 5.74) is 1.15. The molecule has 0 saturated carbocycles. The van der Waals surface area contributed by atoms with Crippen LogP contribution in [0.5, 0.6) is 11.5 Å². The number of hydrogen-bond donors (Lipinski definition) is 1. The number of nitrogens with zero attached hydrogens (tertiary/aromatic N) is 1. The maximum Gasteiger partial charge on any atom is 0.308 e. The molecule has 24 heavy (non-hydrogen) atoms. The van der Waals surface area contributed by atoms with Gasteiger partial charge in [0.2, 0.25) is 0 Å². The fraction of sp³-hybridized carbons (Fsp3) is 0.471. The third-order valence-corrected chi connectivity index (χ3v) is 3.81. The molecule has 0 unspecified atom stereocenters. The molecule has 1 N–H and O–H groups in total. The number of benzene rings is 1. The van der Waals surface area contributed by atoms with E-state index in [1.807, 2.05) is 18.2 Å². The molecule has 0 amide bonds. The summed E-state index contributed by atoms with van der Waals surface area (Å²) in [6.07, 6.45) is 2.81. The maximum atomic E-state index is 11.1. The van der Waals surface area contributed by atoms with Crippen molar-refractivity contribution in [1.82, 2.24) is 10.2 Å².